The van der Waals surface area contributed by atoms with Crippen LogP contribution in [0.2, 0.25) is 0 Å². The second-order valence-electron chi connectivity index (χ2n) is 8.63. The highest BCUT2D eigenvalue weighted by Gasteiger charge is 2.43. The minimum atomic E-state index is -0.773. The van der Waals surface area contributed by atoms with Gasteiger partial charge in [-0.3, -0.25) is 24.6 Å². The molecule has 3 aliphatic rings. The summed E-state index contributed by atoms with van der Waals surface area (Å²) >= 11 is 0. The van der Waals surface area contributed by atoms with Gasteiger partial charge in [0, 0.05) is 13.0 Å². The molecule has 170 valence electrons. The Morgan fingerprint density at radius 2 is 1.58 bits per heavy atom. The molecule has 0 spiro atoms. The molecule has 0 saturated carbocycles. The average Bonchev–Trinajstić information content (AvgIpc) is 3.05. The van der Waals surface area contributed by atoms with Crippen LogP contribution in [0.1, 0.15) is 57.0 Å². The molecule has 1 N–H and O–H groups in total. The summed E-state index contributed by atoms with van der Waals surface area (Å²) in [5, 5.41) is 3.95. The number of hydrogen-bond donors (Lipinski definition) is 1. The van der Waals surface area contributed by atoms with Crippen molar-refractivity contribution in [3.05, 3.63) is 70.5 Å². The standard InChI is InChI=1S/C24H23FN4O4/c25-18-4-2-16(3-5-18)17-7-10-27(11-8-17)14-15-1-6-19-20(13-15)23(32)29(22(19)31)28-12-9-21(30)26-24(28)33/h1-6,13,17H,7-12,14H2,(H,26,30,33). The highest BCUT2D eigenvalue weighted by atomic mass is 19.1. The van der Waals surface area contributed by atoms with Gasteiger partial charge in [-0.1, -0.05) is 18.2 Å². The van der Waals surface area contributed by atoms with Crippen molar-refractivity contribution in [3.8, 4) is 0 Å². The first kappa shape index (κ1) is 21.3. The van der Waals surface area contributed by atoms with Crippen LogP contribution < -0.4 is 5.32 Å². The van der Waals surface area contributed by atoms with Crippen LogP contribution in [0.15, 0.2) is 42.5 Å². The molecule has 0 atom stereocenters. The number of fused-ring (bicyclic) bond motifs is 1. The molecule has 2 aromatic rings. The van der Waals surface area contributed by atoms with Crippen molar-refractivity contribution in [2.75, 3.05) is 19.6 Å². The number of nitrogens with one attached hydrogen (secondary N) is 1. The monoisotopic (exact) mass is 450 g/mol. The molecule has 3 heterocycles. The van der Waals surface area contributed by atoms with Gasteiger partial charge >= 0.3 is 6.03 Å². The first-order valence-corrected chi connectivity index (χ1v) is 11.0. The number of carbonyl (C=O) groups is 4. The lowest BCUT2D eigenvalue weighted by Crippen LogP contribution is -2.58. The zero-order valence-electron chi connectivity index (χ0n) is 17.9. The number of carbonyl (C=O) groups excluding carboxylic acids is 4. The number of rotatable bonds is 4. The second-order valence-corrected chi connectivity index (χ2v) is 8.63. The van der Waals surface area contributed by atoms with Crippen LogP contribution in [0.5, 0.6) is 0 Å². The van der Waals surface area contributed by atoms with E-state index >= 15 is 0 Å². The number of likely N-dealkylation sites (tertiary alicyclic amines) is 1. The molecule has 3 aliphatic heterocycles. The molecule has 5 amide bonds. The fourth-order valence-electron chi connectivity index (χ4n) is 4.76. The van der Waals surface area contributed by atoms with E-state index < -0.39 is 23.8 Å². The van der Waals surface area contributed by atoms with Gasteiger partial charge in [0.25, 0.3) is 11.8 Å². The van der Waals surface area contributed by atoms with Gasteiger partial charge < -0.3 is 0 Å². The Morgan fingerprint density at radius 1 is 0.879 bits per heavy atom. The van der Waals surface area contributed by atoms with Gasteiger partial charge in [0.2, 0.25) is 5.91 Å². The third-order valence-electron chi connectivity index (χ3n) is 6.54. The van der Waals surface area contributed by atoms with Gasteiger partial charge in [-0.2, -0.15) is 5.01 Å². The molecule has 2 saturated heterocycles. The molecule has 0 aliphatic carbocycles. The Bertz CT molecular complexity index is 1140. The van der Waals surface area contributed by atoms with E-state index in [0.29, 0.717) is 12.5 Å². The van der Waals surface area contributed by atoms with Crippen molar-refractivity contribution in [1.82, 2.24) is 20.2 Å². The van der Waals surface area contributed by atoms with Gasteiger partial charge in [0.05, 0.1) is 17.7 Å². The van der Waals surface area contributed by atoms with E-state index in [0.717, 1.165) is 47.1 Å². The fourth-order valence-corrected chi connectivity index (χ4v) is 4.76. The molecule has 9 heteroatoms. The maximum Gasteiger partial charge on any atom is 0.343 e. The molecule has 8 nitrogen and oxygen atoms in total. The Hall–Kier alpha value is -3.59. The minimum Gasteiger partial charge on any atom is -0.299 e. The number of benzene rings is 2. The van der Waals surface area contributed by atoms with E-state index in [2.05, 4.69) is 10.2 Å². The summed E-state index contributed by atoms with van der Waals surface area (Å²) in [6, 6.07) is 11.1. The predicted octanol–water partition coefficient (Wildman–Crippen LogP) is 2.66. The van der Waals surface area contributed by atoms with Gasteiger partial charge in [0.15, 0.2) is 0 Å². The average molecular weight is 450 g/mol. The number of piperidine rings is 1. The van der Waals surface area contributed by atoms with Gasteiger partial charge in [-0.25, -0.2) is 14.2 Å². The van der Waals surface area contributed by atoms with Crippen molar-refractivity contribution >= 4 is 23.8 Å². The van der Waals surface area contributed by atoms with E-state index in [4.69, 9.17) is 0 Å². The normalized spacial score (nSPS) is 19.8. The molecule has 2 fully saturated rings. The van der Waals surface area contributed by atoms with Crippen molar-refractivity contribution in [1.29, 1.82) is 0 Å². The number of hydrogen-bond acceptors (Lipinski definition) is 5. The van der Waals surface area contributed by atoms with Crippen LogP contribution in [0.4, 0.5) is 9.18 Å². The molecule has 0 aromatic heterocycles. The summed E-state index contributed by atoms with van der Waals surface area (Å²) in [6.45, 7) is 2.37. The maximum atomic E-state index is 13.2. The van der Waals surface area contributed by atoms with Crippen LogP contribution >= 0.6 is 0 Å². The lowest BCUT2D eigenvalue weighted by Gasteiger charge is -2.32. The number of urea groups is 1. The predicted molar refractivity (Wildman–Crippen MR) is 115 cm³/mol. The zero-order chi connectivity index (χ0) is 23.1. The summed E-state index contributed by atoms with van der Waals surface area (Å²) in [4.78, 5) is 51.6. The highest BCUT2D eigenvalue weighted by molar-refractivity contribution is 6.22. The molecule has 33 heavy (non-hydrogen) atoms. The fraction of sp³-hybridized carbons (Fsp3) is 0.333. The number of nitrogens with zero attached hydrogens (tertiary/aromatic N) is 3. The highest BCUT2D eigenvalue weighted by Crippen LogP contribution is 2.30. The summed E-state index contributed by atoms with van der Waals surface area (Å²) in [7, 11) is 0. The Morgan fingerprint density at radius 3 is 2.27 bits per heavy atom. The lowest BCUT2D eigenvalue weighted by molar-refractivity contribution is -0.122. The number of halogens is 1. The van der Waals surface area contributed by atoms with Crippen LogP contribution in [0.3, 0.4) is 0 Å². The Kier molecular flexibility index (Phi) is 5.41. The Labute approximate surface area is 189 Å². The smallest absolute Gasteiger partial charge is 0.299 e. The van der Waals surface area contributed by atoms with Gasteiger partial charge in [-0.15, -0.1) is 0 Å². The molecule has 2 aromatic carbocycles. The molecular weight excluding hydrogens is 427 g/mol. The second kappa shape index (κ2) is 8.40. The van der Waals surface area contributed by atoms with Crippen molar-refractivity contribution in [3.63, 3.8) is 0 Å². The van der Waals surface area contributed by atoms with Crippen molar-refractivity contribution in [2.24, 2.45) is 0 Å². The van der Waals surface area contributed by atoms with Gasteiger partial charge in [0.1, 0.15) is 5.82 Å². The quantitative estimate of drug-likeness (QED) is 0.724. The SMILES string of the molecule is O=C1CCN(N2C(=O)c3ccc(CN4CCC(c5ccc(F)cc5)CC4)cc3C2=O)C(=O)N1. The van der Waals surface area contributed by atoms with Crippen LogP contribution in [-0.4, -0.2) is 58.3 Å². The summed E-state index contributed by atoms with van der Waals surface area (Å²) in [5.74, 6) is -1.38. The summed E-state index contributed by atoms with van der Waals surface area (Å²) in [5.41, 5.74) is 2.59. The van der Waals surface area contributed by atoms with Crippen LogP contribution in [0.25, 0.3) is 0 Å². The number of hydrazine groups is 1. The van der Waals surface area contributed by atoms with E-state index in [1.54, 1.807) is 12.1 Å². The van der Waals surface area contributed by atoms with E-state index in [-0.39, 0.29) is 29.9 Å². The van der Waals surface area contributed by atoms with Crippen molar-refractivity contribution < 1.29 is 23.6 Å². The maximum absolute atomic E-state index is 13.2. The number of amides is 5. The third kappa shape index (κ3) is 4.00. The van der Waals surface area contributed by atoms with Crippen LogP contribution in [-0.2, 0) is 11.3 Å². The summed E-state index contributed by atoms with van der Waals surface area (Å²) in [6.07, 6.45) is 1.95. The molecule has 0 unspecified atom stereocenters. The molecule has 5 rings (SSSR count). The van der Waals surface area contributed by atoms with E-state index in [9.17, 15) is 23.6 Å². The van der Waals surface area contributed by atoms with Crippen molar-refractivity contribution in [2.45, 2.75) is 31.7 Å². The molecule has 0 bridgehead atoms. The first-order chi connectivity index (χ1) is 15.9. The largest absolute Gasteiger partial charge is 0.343 e. The van der Waals surface area contributed by atoms with E-state index in [1.165, 1.54) is 12.1 Å². The zero-order valence-corrected chi connectivity index (χ0v) is 17.9. The summed E-state index contributed by atoms with van der Waals surface area (Å²) < 4.78 is 13.2. The minimum absolute atomic E-state index is 0.0218. The number of imide groups is 2. The van der Waals surface area contributed by atoms with Gasteiger partial charge in [-0.05, 0) is 67.2 Å². The Balaban J connectivity index is 1.25. The first-order valence-electron chi connectivity index (χ1n) is 11.0. The topological polar surface area (TPSA) is 90.0 Å². The van der Waals surface area contributed by atoms with Crippen LogP contribution in [0, 0.1) is 5.82 Å². The third-order valence-corrected chi connectivity index (χ3v) is 6.54. The molecular formula is C24H23FN4O4. The lowest BCUT2D eigenvalue weighted by atomic mass is 9.89. The van der Waals surface area contributed by atoms with E-state index in [1.807, 2.05) is 18.2 Å². The molecule has 0 radical (unpaired) electrons.